The Kier molecular flexibility index (Phi) is 7.37. The van der Waals surface area contributed by atoms with E-state index in [1.807, 2.05) is 6.92 Å². The molecule has 4 rings (SSSR count). The predicted octanol–water partition coefficient (Wildman–Crippen LogP) is 2.77. The maximum Gasteiger partial charge on any atom is 0.340 e. The first-order valence-corrected chi connectivity index (χ1v) is 12.0. The monoisotopic (exact) mass is 463 g/mol. The van der Waals surface area contributed by atoms with Crippen molar-refractivity contribution < 1.29 is 14.3 Å². The zero-order valence-electron chi connectivity index (χ0n) is 18.9. The number of carbonyl (C=O) groups is 2. The highest BCUT2D eigenvalue weighted by Crippen LogP contribution is 2.45. The van der Waals surface area contributed by atoms with Gasteiger partial charge in [-0.15, -0.1) is 0 Å². The maximum absolute atomic E-state index is 13.4. The van der Waals surface area contributed by atoms with Gasteiger partial charge >= 0.3 is 5.97 Å². The van der Waals surface area contributed by atoms with Crippen LogP contribution in [0.15, 0.2) is 12.1 Å². The van der Waals surface area contributed by atoms with E-state index in [0.29, 0.717) is 10.7 Å². The van der Waals surface area contributed by atoms with Crippen LogP contribution in [-0.2, 0) is 9.53 Å². The molecule has 2 unspecified atom stereocenters. The number of halogens is 1. The third-order valence-corrected chi connectivity index (χ3v) is 7.43. The molecular weight excluding hydrogens is 430 g/mol. The van der Waals surface area contributed by atoms with Crippen LogP contribution in [-0.4, -0.2) is 55.9 Å². The molecule has 2 heterocycles. The fourth-order valence-electron chi connectivity index (χ4n) is 5.58. The van der Waals surface area contributed by atoms with Gasteiger partial charge < -0.3 is 15.4 Å². The highest BCUT2D eigenvalue weighted by atomic mass is 35.5. The van der Waals surface area contributed by atoms with Crippen molar-refractivity contribution in [1.82, 2.24) is 21.1 Å². The highest BCUT2D eigenvalue weighted by Gasteiger charge is 2.48. The van der Waals surface area contributed by atoms with Crippen molar-refractivity contribution in [2.45, 2.75) is 64.1 Å². The summed E-state index contributed by atoms with van der Waals surface area (Å²) in [6.07, 6.45) is 8.07. The van der Waals surface area contributed by atoms with E-state index in [4.69, 9.17) is 16.3 Å². The van der Waals surface area contributed by atoms with Crippen molar-refractivity contribution in [3.8, 4) is 0 Å². The third kappa shape index (κ3) is 4.79. The van der Waals surface area contributed by atoms with Crippen molar-refractivity contribution in [3.05, 3.63) is 28.3 Å². The van der Waals surface area contributed by atoms with Crippen LogP contribution < -0.4 is 21.5 Å². The van der Waals surface area contributed by atoms with Gasteiger partial charge in [-0.05, 0) is 43.9 Å². The lowest BCUT2D eigenvalue weighted by atomic mass is 9.71. The standard InChI is InChI=1S/C23H34ClN5O3/c1-15-11-16(24)12-17(21(31)32-2)19(15)26-20(30)18-13-23(7-5-3-4-6-8-23)22(28-27-18)29-10-9-25-14-29/h11-12,18,22,25,27-28H,3-10,13-14H2,1-2H3,(H,26,30). The molecule has 3 fully saturated rings. The summed E-state index contributed by atoms with van der Waals surface area (Å²) in [7, 11) is 1.32. The minimum atomic E-state index is -0.525. The molecule has 1 spiro atoms. The van der Waals surface area contributed by atoms with Gasteiger partial charge in [-0.3, -0.25) is 9.69 Å². The number of carbonyl (C=O) groups excluding carboxylic acids is 2. The van der Waals surface area contributed by atoms with E-state index in [2.05, 4.69) is 26.4 Å². The van der Waals surface area contributed by atoms with Crippen LogP contribution in [0.5, 0.6) is 0 Å². The van der Waals surface area contributed by atoms with E-state index in [1.54, 1.807) is 6.07 Å². The first-order chi connectivity index (χ1) is 15.4. The molecule has 9 heteroatoms. The largest absolute Gasteiger partial charge is 0.465 e. The number of hydrogen-bond donors (Lipinski definition) is 4. The third-order valence-electron chi connectivity index (χ3n) is 7.21. The Labute approximate surface area is 194 Å². The van der Waals surface area contributed by atoms with E-state index in [-0.39, 0.29) is 23.1 Å². The Morgan fingerprint density at radius 2 is 1.94 bits per heavy atom. The van der Waals surface area contributed by atoms with Crippen LogP contribution in [0.4, 0.5) is 5.69 Å². The van der Waals surface area contributed by atoms with Crippen molar-refractivity contribution in [1.29, 1.82) is 0 Å². The minimum absolute atomic E-state index is 0.0377. The summed E-state index contributed by atoms with van der Waals surface area (Å²) < 4.78 is 4.90. The highest BCUT2D eigenvalue weighted by molar-refractivity contribution is 6.31. The maximum atomic E-state index is 13.4. The number of hydrogen-bond acceptors (Lipinski definition) is 7. The number of aryl methyl sites for hydroxylation is 1. The summed E-state index contributed by atoms with van der Waals surface area (Å²) in [5, 5.41) is 6.85. The van der Waals surface area contributed by atoms with Gasteiger partial charge in [-0.1, -0.05) is 37.3 Å². The molecule has 1 amide bonds. The second kappa shape index (κ2) is 10.1. The van der Waals surface area contributed by atoms with E-state index in [1.165, 1.54) is 38.9 Å². The predicted molar refractivity (Wildman–Crippen MR) is 124 cm³/mol. The molecule has 1 aromatic rings. The van der Waals surface area contributed by atoms with Crippen molar-refractivity contribution >= 4 is 29.2 Å². The molecule has 1 aromatic carbocycles. The number of methoxy groups -OCH3 is 1. The lowest BCUT2D eigenvalue weighted by molar-refractivity contribution is -0.123. The molecule has 1 saturated carbocycles. The number of ether oxygens (including phenoxy) is 1. The Hall–Kier alpha value is -1.71. The van der Waals surface area contributed by atoms with Gasteiger partial charge in [0.25, 0.3) is 0 Å². The van der Waals surface area contributed by atoms with E-state index in [9.17, 15) is 9.59 Å². The smallest absolute Gasteiger partial charge is 0.340 e. The minimum Gasteiger partial charge on any atom is -0.465 e. The summed E-state index contributed by atoms with van der Waals surface area (Å²) in [5.41, 5.74) is 8.26. The van der Waals surface area contributed by atoms with Gasteiger partial charge in [0.1, 0.15) is 6.04 Å². The molecule has 2 aliphatic heterocycles. The second-order valence-corrected chi connectivity index (χ2v) is 9.76. The van der Waals surface area contributed by atoms with Crippen molar-refractivity contribution in [2.75, 3.05) is 32.2 Å². The molecule has 8 nitrogen and oxygen atoms in total. The molecule has 0 bridgehead atoms. The molecule has 32 heavy (non-hydrogen) atoms. The average Bonchev–Trinajstić information content (AvgIpc) is 3.22. The fraction of sp³-hybridized carbons (Fsp3) is 0.652. The van der Waals surface area contributed by atoms with Crippen LogP contribution in [0.2, 0.25) is 5.02 Å². The van der Waals surface area contributed by atoms with Gasteiger partial charge in [-0.25, -0.2) is 15.6 Å². The Morgan fingerprint density at radius 1 is 1.19 bits per heavy atom. The Balaban J connectivity index is 1.56. The average molecular weight is 464 g/mol. The Morgan fingerprint density at radius 3 is 2.59 bits per heavy atom. The van der Waals surface area contributed by atoms with E-state index in [0.717, 1.165) is 44.6 Å². The first kappa shape index (κ1) is 23.4. The van der Waals surface area contributed by atoms with Crippen molar-refractivity contribution in [2.24, 2.45) is 5.41 Å². The molecule has 2 saturated heterocycles. The van der Waals surface area contributed by atoms with Crippen LogP contribution >= 0.6 is 11.6 Å². The topological polar surface area (TPSA) is 94.7 Å². The molecule has 3 aliphatic rings. The summed E-state index contributed by atoms with van der Waals surface area (Å²) in [6, 6.07) is 2.87. The van der Waals surface area contributed by atoms with Gasteiger partial charge in [0.05, 0.1) is 24.5 Å². The zero-order chi connectivity index (χ0) is 22.7. The van der Waals surface area contributed by atoms with Crippen molar-refractivity contribution in [3.63, 3.8) is 0 Å². The van der Waals surface area contributed by atoms with Crippen LogP contribution in [0, 0.1) is 12.3 Å². The number of nitrogens with zero attached hydrogens (tertiary/aromatic N) is 1. The zero-order valence-corrected chi connectivity index (χ0v) is 19.7. The normalized spacial score (nSPS) is 26.0. The summed E-state index contributed by atoms with van der Waals surface area (Å²) in [4.78, 5) is 28.1. The van der Waals surface area contributed by atoms with Gasteiger partial charge in [-0.2, -0.15) is 0 Å². The second-order valence-electron chi connectivity index (χ2n) is 9.32. The fourth-order valence-corrected chi connectivity index (χ4v) is 5.86. The number of benzene rings is 1. The number of rotatable bonds is 4. The van der Waals surface area contributed by atoms with Crippen LogP contribution in [0.25, 0.3) is 0 Å². The summed E-state index contributed by atoms with van der Waals surface area (Å²) >= 11 is 6.15. The molecular formula is C23H34ClN5O3. The summed E-state index contributed by atoms with van der Waals surface area (Å²) in [5.74, 6) is -0.683. The number of esters is 1. The number of nitrogens with one attached hydrogen (secondary N) is 4. The molecule has 0 aromatic heterocycles. The molecule has 4 N–H and O–H groups in total. The SMILES string of the molecule is COC(=O)c1cc(Cl)cc(C)c1NC(=O)C1CC2(CCCCCC2)C(N2CCNC2)NN1. The van der Waals surface area contributed by atoms with E-state index < -0.39 is 12.0 Å². The first-order valence-electron chi connectivity index (χ1n) is 11.6. The Bertz CT molecular complexity index is 850. The lowest BCUT2D eigenvalue weighted by Crippen LogP contribution is -2.68. The van der Waals surface area contributed by atoms with Gasteiger partial charge in [0, 0.05) is 30.2 Å². The summed E-state index contributed by atoms with van der Waals surface area (Å²) in [6.45, 7) is 4.68. The quantitative estimate of drug-likeness (QED) is 0.510. The lowest BCUT2D eigenvalue weighted by Gasteiger charge is -2.50. The number of anilines is 1. The number of amides is 1. The van der Waals surface area contributed by atoms with Gasteiger partial charge in [0.15, 0.2) is 0 Å². The van der Waals surface area contributed by atoms with Crippen LogP contribution in [0.1, 0.15) is 60.9 Å². The molecule has 2 atom stereocenters. The molecule has 0 radical (unpaired) electrons. The molecule has 176 valence electrons. The number of hydrazine groups is 1. The molecule has 1 aliphatic carbocycles. The van der Waals surface area contributed by atoms with Gasteiger partial charge in [0.2, 0.25) is 5.91 Å². The van der Waals surface area contributed by atoms with Crippen LogP contribution in [0.3, 0.4) is 0 Å². The van der Waals surface area contributed by atoms with E-state index >= 15 is 0 Å².